The van der Waals surface area contributed by atoms with Crippen molar-refractivity contribution in [3.05, 3.63) is 83.9 Å². The number of amides is 1. The SMILES string of the molecule is CC(=O)Nc1ccc(CN2CCC(c3nccn3CCCCOCc3ccccc3)CC2)cc1. The second-order valence-corrected chi connectivity index (χ2v) is 9.15. The van der Waals surface area contributed by atoms with Crippen LogP contribution in [-0.4, -0.2) is 40.1 Å². The maximum atomic E-state index is 11.2. The molecule has 1 aromatic heterocycles. The number of carbonyl (C=O) groups excluding carboxylic acids is 1. The molecule has 1 aliphatic heterocycles. The van der Waals surface area contributed by atoms with E-state index in [1.807, 2.05) is 24.4 Å². The lowest BCUT2D eigenvalue weighted by molar-refractivity contribution is -0.114. The highest BCUT2D eigenvalue weighted by atomic mass is 16.5. The minimum Gasteiger partial charge on any atom is -0.377 e. The Morgan fingerprint density at radius 2 is 1.79 bits per heavy atom. The van der Waals surface area contributed by atoms with Gasteiger partial charge in [-0.25, -0.2) is 4.98 Å². The van der Waals surface area contributed by atoms with Crippen LogP contribution in [-0.2, 0) is 29.2 Å². The number of rotatable bonds is 11. The van der Waals surface area contributed by atoms with Crippen molar-refractivity contribution in [1.82, 2.24) is 14.5 Å². The van der Waals surface area contributed by atoms with E-state index in [1.54, 1.807) is 0 Å². The first-order valence-corrected chi connectivity index (χ1v) is 12.4. The summed E-state index contributed by atoms with van der Waals surface area (Å²) in [5, 5.41) is 2.82. The Balaban J connectivity index is 1.16. The predicted molar refractivity (Wildman–Crippen MR) is 136 cm³/mol. The van der Waals surface area contributed by atoms with Crippen LogP contribution in [0.15, 0.2) is 67.0 Å². The van der Waals surface area contributed by atoms with Crippen molar-refractivity contribution in [2.45, 2.75) is 58.2 Å². The van der Waals surface area contributed by atoms with Crippen LogP contribution >= 0.6 is 0 Å². The topological polar surface area (TPSA) is 59.4 Å². The molecule has 1 amide bonds. The van der Waals surface area contributed by atoms with E-state index in [-0.39, 0.29) is 5.91 Å². The van der Waals surface area contributed by atoms with E-state index in [9.17, 15) is 4.79 Å². The van der Waals surface area contributed by atoms with E-state index >= 15 is 0 Å². The zero-order chi connectivity index (χ0) is 23.6. The van der Waals surface area contributed by atoms with Crippen LogP contribution in [0.5, 0.6) is 0 Å². The van der Waals surface area contributed by atoms with Crippen LogP contribution in [0.3, 0.4) is 0 Å². The minimum absolute atomic E-state index is 0.0374. The summed E-state index contributed by atoms with van der Waals surface area (Å²) in [6.45, 7) is 7.13. The fourth-order valence-corrected chi connectivity index (χ4v) is 4.62. The van der Waals surface area contributed by atoms with Crippen LogP contribution in [0.1, 0.15) is 55.5 Å². The van der Waals surface area contributed by atoms with Crippen LogP contribution in [0.4, 0.5) is 5.69 Å². The first kappa shape index (κ1) is 24.2. The molecule has 180 valence electrons. The summed E-state index contributed by atoms with van der Waals surface area (Å²) in [4.78, 5) is 18.4. The number of piperidine rings is 1. The maximum absolute atomic E-state index is 11.2. The summed E-state index contributed by atoms with van der Waals surface area (Å²) in [6.07, 6.45) is 8.52. The van der Waals surface area contributed by atoms with E-state index in [1.165, 1.54) is 23.9 Å². The molecule has 0 aliphatic carbocycles. The van der Waals surface area contributed by atoms with Crippen LogP contribution in [0, 0.1) is 0 Å². The van der Waals surface area contributed by atoms with Gasteiger partial charge >= 0.3 is 0 Å². The maximum Gasteiger partial charge on any atom is 0.221 e. The van der Waals surface area contributed by atoms with Gasteiger partial charge in [0.05, 0.1) is 6.61 Å². The van der Waals surface area contributed by atoms with E-state index in [4.69, 9.17) is 9.72 Å². The van der Waals surface area contributed by atoms with Crippen molar-refractivity contribution < 1.29 is 9.53 Å². The van der Waals surface area contributed by atoms with Crippen LogP contribution < -0.4 is 5.32 Å². The third-order valence-electron chi connectivity index (χ3n) is 6.43. The first-order chi connectivity index (χ1) is 16.7. The fourth-order valence-electron chi connectivity index (χ4n) is 4.62. The monoisotopic (exact) mass is 460 g/mol. The Kier molecular flexibility index (Phi) is 8.88. The normalized spacial score (nSPS) is 14.9. The summed E-state index contributed by atoms with van der Waals surface area (Å²) in [5.41, 5.74) is 3.36. The van der Waals surface area contributed by atoms with E-state index in [0.29, 0.717) is 12.5 Å². The van der Waals surface area contributed by atoms with Gasteiger partial charge in [0.1, 0.15) is 5.82 Å². The molecule has 0 radical (unpaired) electrons. The highest BCUT2D eigenvalue weighted by Crippen LogP contribution is 2.28. The van der Waals surface area contributed by atoms with Crippen molar-refractivity contribution in [3.8, 4) is 0 Å². The average molecular weight is 461 g/mol. The van der Waals surface area contributed by atoms with Gasteiger partial charge < -0.3 is 14.6 Å². The van der Waals surface area contributed by atoms with Crippen molar-refractivity contribution in [2.75, 3.05) is 25.0 Å². The minimum atomic E-state index is -0.0374. The molecule has 6 heteroatoms. The number of benzene rings is 2. The molecule has 1 aliphatic rings. The number of carbonyl (C=O) groups is 1. The van der Waals surface area contributed by atoms with Gasteiger partial charge in [-0.05, 0) is 62.0 Å². The summed E-state index contributed by atoms with van der Waals surface area (Å²) < 4.78 is 8.17. The molecule has 34 heavy (non-hydrogen) atoms. The molecule has 4 rings (SSSR count). The second kappa shape index (κ2) is 12.5. The molecule has 0 spiro atoms. The van der Waals surface area contributed by atoms with E-state index in [0.717, 1.165) is 64.2 Å². The molecule has 1 fully saturated rings. The molecule has 0 atom stereocenters. The lowest BCUT2D eigenvalue weighted by Crippen LogP contribution is -2.33. The number of likely N-dealkylation sites (tertiary alicyclic amines) is 1. The Labute approximate surface area is 203 Å². The lowest BCUT2D eigenvalue weighted by atomic mass is 9.95. The van der Waals surface area contributed by atoms with Crippen molar-refractivity contribution in [3.63, 3.8) is 0 Å². The lowest BCUT2D eigenvalue weighted by Gasteiger charge is -2.32. The van der Waals surface area contributed by atoms with Gasteiger partial charge in [0.15, 0.2) is 0 Å². The number of hydrogen-bond donors (Lipinski definition) is 1. The quantitative estimate of drug-likeness (QED) is 0.399. The highest BCUT2D eigenvalue weighted by molar-refractivity contribution is 5.88. The molecular weight excluding hydrogens is 424 g/mol. The molecule has 2 heterocycles. The molecule has 2 aromatic carbocycles. The highest BCUT2D eigenvalue weighted by Gasteiger charge is 2.23. The van der Waals surface area contributed by atoms with E-state index < -0.39 is 0 Å². The fraction of sp³-hybridized carbons (Fsp3) is 0.429. The third-order valence-corrected chi connectivity index (χ3v) is 6.43. The zero-order valence-corrected chi connectivity index (χ0v) is 20.2. The third kappa shape index (κ3) is 7.27. The number of hydrogen-bond acceptors (Lipinski definition) is 4. The predicted octanol–water partition coefficient (Wildman–Crippen LogP) is 5.22. The molecule has 0 bridgehead atoms. The molecule has 1 N–H and O–H groups in total. The van der Waals surface area contributed by atoms with Crippen LogP contribution in [0.2, 0.25) is 0 Å². The number of imidazole rings is 1. The van der Waals surface area contributed by atoms with Crippen LogP contribution in [0.25, 0.3) is 0 Å². The summed E-state index contributed by atoms with van der Waals surface area (Å²) >= 11 is 0. The Morgan fingerprint density at radius 3 is 2.53 bits per heavy atom. The number of unbranched alkanes of at least 4 members (excludes halogenated alkanes) is 1. The Bertz CT molecular complexity index is 1010. The van der Waals surface area contributed by atoms with Gasteiger partial charge in [0.25, 0.3) is 0 Å². The van der Waals surface area contributed by atoms with E-state index in [2.05, 4.69) is 57.4 Å². The first-order valence-electron chi connectivity index (χ1n) is 12.4. The smallest absolute Gasteiger partial charge is 0.221 e. The number of aryl methyl sites for hydroxylation is 1. The zero-order valence-electron chi connectivity index (χ0n) is 20.2. The molecule has 6 nitrogen and oxygen atoms in total. The van der Waals surface area contributed by atoms with Crippen molar-refractivity contribution in [1.29, 1.82) is 0 Å². The number of nitrogens with one attached hydrogen (secondary N) is 1. The summed E-state index contributed by atoms with van der Waals surface area (Å²) in [6, 6.07) is 18.5. The van der Waals surface area contributed by atoms with Gasteiger partial charge in [-0.3, -0.25) is 9.69 Å². The second-order valence-electron chi connectivity index (χ2n) is 9.15. The molecule has 0 unspecified atom stereocenters. The standard InChI is InChI=1S/C28H36N4O2/c1-23(33)30-27-11-9-24(10-12-27)21-31-17-13-26(14-18-31)28-29-15-19-32(28)16-5-6-20-34-22-25-7-3-2-4-8-25/h2-4,7-12,15,19,26H,5-6,13-14,16-18,20-22H2,1H3,(H,30,33). The number of anilines is 1. The number of ether oxygens (including phenoxy) is 1. The number of nitrogens with zero attached hydrogens (tertiary/aromatic N) is 3. The van der Waals surface area contributed by atoms with Gasteiger partial charge in [-0.1, -0.05) is 42.5 Å². The molecule has 0 saturated carbocycles. The Morgan fingerprint density at radius 1 is 1.03 bits per heavy atom. The Hall–Kier alpha value is -2.96. The average Bonchev–Trinajstić information content (AvgIpc) is 3.32. The van der Waals surface area contributed by atoms with Crippen molar-refractivity contribution in [2.24, 2.45) is 0 Å². The summed E-state index contributed by atoms with van der Waals surface area (Å²) in [7, 11) is 0. The molecule has 3 aromatic rings. The van der Waals surface area contributed by atoms with Gasteiger partial charge in [0.2, 0.25) is 5.91 Å². The van der Waals surface area contributed by atoms with Gasteiger partial charge in [-0.15, -0.1) is 0 Å². The van der Waals surface area contributed by atoms with Gasteiger partial charge in [-0.2, -0.15) is 0 Å². The van der Waals surface area contributed by atoms with Gasteiger partial charge in [0, 0.05) is 50.6 Å². The molecular formula is C28H36N4O2. The largest absolute Gasteiger partial charge is 0.377 e. The summed E-state index contributed by atoms with van der Waals surface area (Å²) in [5.74, 6) is 1.73. The molecule has 1 saturated heterocycles. The number of aromatic nitrogens is 2. The van der Waals surface area contributed by atoms with Crippen molar-refractivity contribution >= 4 is 11.6 Å².